The van der Waals surface area contributed by atoms with Crippen molar-refractivity contribution >= 4 is 11.5 Å². The molecule has 4 aromatic carbocycles. The zero-order valence-corrected chi connectivity index (χ0v) is 24.8. The van der Waals surface area contributed by atoms with E-state index in [4.69, 9.17) is 9.47 Å². The Morgan fingerprint density at radius 3 is 1.46 bits per heavy atom. The van der Waals surface area contributed by atoms with Gasteiger partial charge >= 0.3 is 5.97 Å². The minimum atomic E-state index is -0.964. The van der Waals surface area contributed by atoms with E-state index in [1.54, 1.807) is 0 Å². The smallest absolute Gasteiger partial charge is 0.338 e. The first-order valence-corrected chi connectivity index (χ1v) is 14.3. The molecule has 0 saturated heterocycles. The van der Waals surface area contributed by atoms with E-state index < -0.39 is 11.5 Å². The number of carbonyl (C=O) groups is 1. The molecule has 208 valence electrons. The molecule has 0 amide bonds. The second kappa shape index (κ2) is 11.6. The zero-order valence-electron chi connectivity index (χ0n) is 24.8. The quantitative estimate of drug-likeness (QED) is 0.219. The molecule has 0 aromatic heterocycles. The Morgan fingerprint density at radius 2 is 1.07 bits per heavy atom. The predicted octanol–water partition coefficient (Wildman–Crippen LogP) is 8.78. The van der Waals surface area contributed by atoms with Crippen molar-refractivity contribution in [1.29, 1.82) is 0 Å². The highest BCUT2D eigenvalue weighted by Gasteiger charge is 2.53. The van der Waals surface area contributed by atoms with Crippen molar-refractivity contribution in [3.8, 4) is 0 Å². The maximum Gasteiger partial charge on any atom is 0.338 e. The van der Waals surface area contributed by atoms with Gasteiger partial charge in [-0.15, -0.1) is 0 Å². The molecule has 3 heteroatoms. The molecule has 3 nitrogen and oxygen atoms in total. The summed E-state index contributed by atoms with van der Waals surface area (Å²) in [5, 5.41) is 0. The van der Waals surface area contributed by atoms with Crippen LogP contribution in [-0.4, -0.2) is 12.6 Å². The standard InChI is InChI=1S/C38H38O3/c1-7-40-37(39)36-29(6)41-38(32-20-12-27(4)13-21-32,33-22-14-28(5)15-23-33)35(36)24-34(30-16-8-25(2)9-17-30)31-18-10-26(3)11-19-31/h8-24,35H,7H2,1-6H3. The number of rotatable bonds is 7. The molecule has 1 unspecified atom stereocenters. The van der Waals surface area contributed by atoms with Gasteiger partial charge in [0, 0.05) is 11.1 Å². The van der Waals surface area contributed by atoms with Gasteiger partial charge in [0.1, 0.15) is 5.76 Å². The van der Waals surface area contributed by atoms with E-state index in [2.05, 4.69) is 131 Å². The van der Waals surface area contributed by atoms with Crippen LogP contribution in [-0.2, 0) is 19.9 Å². The van der Waals surface area contributed by atoms with Gasteiger partial charge in [-0.05, 0) is 58.2 Å². The number of aryl methyl sites for hydroxylation is 4. The normalized spacial score (nSPS) is 15.8. The summed E-state index contributed by atoms with van der Waals surface area (Å²) >= 11 is 0. The first-order chi connectivity index (χ1) is 19.7. The molecule has 41 heavy (non-hydrogen) atoms. The molecule has 1 aliphatic rings. The van der Waals surface area contributed by atoms with Gasteiger partial charge in [-0.25, -0.2) is 4.79 Å². The molecule has 1 heterocycles. The fourth-order valence-electron chi connectivity index (χ4n) is 5.70. The van der Waals surface area contributed by atoms with E-state index in [9.17, 15) is 4.79 Å². The fraction of sp³-hybridized carbons (Fsp3) is 0.237. The number of allylic oxidation sites excluding steroid dienone is 1. The fourth-order valence-corrected chi connectivity index (χ4v) is 5.70. The molecule has 0 bridgehead atoms. The zero-order chi connectivity index (χ0) is 29.1. The molecular weight excluding hydrogens is 504 g/mol. The molecule has 5 rings (SSSR count). The van der Waals surface area contributed by atoms with Crippen LogP contribution in [0.15, 0.2) is 114 Å². The van der Waals surface area contributed by atoms with E-state index in [-0.39, 0.29) is 12.6 Å². The summed E-state index contributed by atoms with van der Waals surface area (Å²) in [6.45, 7) is 12.4. The van der Waals surface area contributed by atoms with Crippen molar-refractivity contribution in [2.75, 3.05) is 6.61 Å². The second-order valence-corrected chi connectivity index (χ2v) is 11.1. The summed E-state index contributed by atoms with van der Waals surface area (Å²) in [7, 11) is 0. The minimum absolute atomic E-state index is 0.289. The monoisotopic (exact) mass is 542 g/mol. The SMILES string of the molecule is CCOC(=O)C1=C(C)OC(c2ccc(C)cc2)(c2ccc(C)cc2)C1C=C(c1ccc(C)cc1)c1ccc(C)cc1. The lowest BCUT2D eigenvalue weighted by Crippen LogP contribution is -2.36. The van der Waals surface area contributed by atoms with Gasteiger partial charge < -0.3 is 9.47 Å². The molecule has 4 aromatic rings. The Balaban J connectivity index is 1.84. The largest absolute Gasteiger partial charge is 0.481 e. The number of hydrogen-bond donors (Lipinski definition) is 0. The van der Waals surface area contributed by atoms with Crippen molar-refractivity contribution in [2.45, 2.75) is 47.1 Å². The molecular formula is C38H38O3. The Morgan fingerprint density at radius 1 is 0.683 bits per heavy atom. The van der Waals surface area contributed by atoms with Crippen LogP contribution >= 0.6 is 0 Å². The average molecular weight is 543 g/mol. The highest BCUT2D eigenvalue weighted by atomic mass is 16.5. The number of esters is 1. The predicted molar refractivity (Wildman–Crippen MR) is 166 cm³/mol. The highest BCUT2D eigenvalue weighted by Crippen LogP contribution is 2.53. The van der Waals surface area contributed by atoms with Crippen LogP contribution in [0, 0.1) is 33.6 Å². The second-order valence-electron chi connectivity index (χ2n) is 11.1. The highest BCUT2D eigenvalue weighted by molar-refractivity contribution is 5.92. The van der Waals surface area contributed by atoms with Gasteiger partial charge in [-0.2, -0.15) is 0 Å². The average Bonchev–Trinajstić information content (AvgIpc) is 3.26. The number of benzene rings is 4. The molecule has 0 aliphatic carbocycles. The van der Waals surface area contributed by atoms with Crippen LogP contribution < -0.4 is 0 Å². The maximum atomic E-state index is 13.7. The van der Waals surface area contributed by atoms with Crippen LogP contribution in [0.25, 0.3) is 5.57 Å². The third-order valence-corrected chi connectivity index (χ3v) is 7.96. The van der Waals surface area contributed by atoms with Gasteiger partial charge in [-0.1, -0.05) is 125 Å². The van der Waals surface area contributed by atoms with Gasteiger partial charge in [-0.3, -0.25) is 0 Å². The molecule has 0 spiro atoms. The van der Waals surface area contributed by atoms with Crippen molar-refractivity contribution in [3.63, 3.8) is 0 Å². The number of ether oxygens (including phenoxy) is 2. The first-order valence-electron chi connectivity index (χ1n) is 14.3. The molecule has 0 saturated carbocycles. The Hall–Kier alpha value is -4.37. The number of hydrogen-bond acceptors (Lipinski definition) is 3. The first kappa shape index (κ1) is 28.2. The van der Waals surface area contributed by atoms with Gasteiger partial charge in [0.05, 0.1) is 18.1 Å². The Kier molecular flexibility index (Phi) is 7.99. The Bertz CT molecular complexity index is 1490. The lowest BCUT2D eigenvalue weighted by atomic mass is 9.72. The van der Waals surface area contributed by atoms with Crippen molar-refractivity contribution in [3.05, 3.63) is 159 Å². The van der Waals surface area contributed by atoms with E-state index >= 15 is 0 Å². The number of carbonyl (C=O) groups excluding carboxylic acids is 1. The topological polar surface area (TPSA) is 35.5 Å². The van der Waals surface area contributed by atoms with E-state index in [0.29, 0.717) is 11.3 Å². The summed E-state index contributed by atoms with van der Waals surface area (Å²) in [6, 6.07) is 34.0. The molecule has 0 N–H and O–H groups in total. The summed E-state index contributed by atoms with van der Waals surface area (Å²) < 4.78 is 12.6. The minimum Gasteiger partial charge on any atom is -0.481 e. The van der Waals surface area contributed by atoms with Crippen molar-refractivity contribution in [1.82, 2.24) is 0 Å². The molecule has 0 radical (unpaired) electrons. The van der Waals surface area contributed by atoms with Crippen LogP contribution in [0.5, 0.6) is 0 Å². The Labute approximate surface area is 244 Å². The van der Waals surface area contributed by atoms with Gasteiger partial charge in [0.25, 0.3) is 0 Å². The van der Waals surface area contributed by atoms with Crippen molar-refractivity contribution in [2.24, 2.45) is 5.92 Å². The lowest BCUT2D eigenvalue weighted by Gasteiger charge is -2.36. The van der Waals surface area contributed by atoms with E-state index in [1.807, 2.05) is 13.8 Å². The third kappa shape index (κ3) is 5.50. The van der Waals surface area contributed by atoms with Crippen LogP contribution in [0.1, 0.15) is 58.4 Å². The summed E-state index contributed by atoms with van der Waals surface area (Å²) in [5.74, 6) is -0.220. The van der Waals surface area contributed by atoms with Gasteiger partial charge in [0.2, 0.25) is 0 Å². The molecule has 1 aliphatic heterocycles. The van der Waals surface area contributed by atoms with Crippen LogP contribution in [0.4, 0.5) is 0 Å². The van der Waals surface area contributed by atoms with E-state index in [0.717, 1.165) is 39.0 Å². The van der Waals surface area contributed by atoms with Crippen LogP contribution in [0.2, 0.25) is 0 Å². The van der Waals surface area contributed by atoms with Crippen molar-refractivity contribution < 1.29 is 14.3 Å². The van der Waals surface area contributed by atoms with Gasteiger partial charge in [0.15, 0.2) is 5.60 Å². The van der Waals surface area contributed by atoms with E-state index in [1.165, 1.54) is 11.1 Å². The summed E-state index contributed by atoms with van der Waals surface area (Å²) in [6.07, 6.45) is 2.22. The summed E-state index contributed by atoms with van der Waals surface area (Å²) in [5.41, 5.74) is 9.45. The molecule has 0 fully saturated rings. The summed E-state index contributed by atoms with van der Waals surface area (Å²) in [4.78, 5) is 13.7. The third-order valence-electron chi connectivity index (χ3n) is 7.96. The lowest BCUT2D eigenvalue weighted by molar-refractivity contribution is -0.139. The molecule has 1 atom stereocenters. The maximum absolute atomic E-state index is 13.7. The van der Waals surface area contributed by atoms with Crippen LogP contribution in [0.3, 0.4) is 0 Å².